The third kappa shape index (κ3) is 1.42. The first-order chi connectivity index (χ1) is 7.85. The average Bonchev–Trinajstić information content (AvgIpc) is 2.97. The van der Waals surface area contributed by atoms with E-state index in [9.17, 15) is 5.11 Å². The Bertz CT molecular complexity index is 274. The standard InChI is InChI=1S/C14H22O2/c1-2-16-8-9-3-4-12-13-6-10(14(9)12)5-11(13)7-15/h2,9-15H,1,3-8H2. The molecule has 0 aromatic heterocycles. The summed E-state index contributed by atoms with van der Waals surface area (Å²) in [5.41, 5.74) is 0. The van der Waals surface area contributed by atoms with E-state index in [2.05, 4.69) is 6.58 Å². The molecule has 0 amide bonds. The van der Waals surface area contributed by atoms with E-state index in [0.717, 1.165) is 36.2 Å². The van der Waals surface area contributed by atoms with Gasteiger partial charge >= 0.3 is 0 Å². The first-order valence-corrected chi connectivity index (χ1v) is 6.68. The Kier molecular flexibility index (Phi) is 2.70. The van der Waals surface area contributed by atoms with E-state index >= 15 is 0 Å². The molecule has 2 heteroatoms. The zero-order valence-electron chi connectivity index (χ0n) is 9.85. The predicted octanol–water partition coefficient (Wildman–Crippen LogP) is 2.44. The summed E-state index contributed by atoms with van der Waals surface area (Å²) in [5.74, 6) is 4.88. The molecule has 90 valence electrons. The Labute approximate surface area is 97.7 Å². The molecule has 6 unspecified atom stereocenters. The number of ether oxygens (including phenoxy) is 1. The third-order valence-electron chi connectivity index (χ3n) is 5.45. The number of rotatable bonds is 4. The molecule has 0 spiro atoms. The van der Waals surface area contributed by atoms with Gasteiger partial charge in [0.15, 0.2) is 0 Å². The van der Waals surface area contributed by atoms with Gasteiger partial charge in [-0.3, -0.25) is 0 Å². The lowest BCUT2D eigenvalue weighted by atomic mass is 9.74. The lowest BCUT2D eigenvalue weighted by Gasteiger charge is -2.32. The Morgan fingerprint density at radius 2 is 2.06 bits per heavy atom. The van der Waals surface area contributed by atoms with E-state index in [4.69, 9.17) is 4.74 Å². The van der Waals surface area contributed by atoms with E-state index < -0.39 is 0 Å². The summed E-state index contributed by atoms with van der Waals surface area (Å²) >= 11 is 0. The number of fused-ring (bicyclic) bond motifs is 5. The molecule has 0 aliphatic heterocycles. The van der Waals surface area contributed by atoms with Crippen molar-refractivity contribution in [2.24, 2.45) is 35.5 Å². The van der Waals surface area contributed by atoms with Crippen LogP contribution < -0.4 is 0 Å². The molecule has 2 nitrogen and oxygen atoms in total. The quantitative estimate of drug-likeness (QED) is 0.740. The SMILES string of the molecule is C=COCC1CCC2C3CC(CC3CO)C12. The van der Waals surface area contributed by atoms with Crippen LogP contribution in [-0.2, 0) is 4.74 Å². The normalized spacial score (nSPS) is 49.3. The van der Waals surface area contributed by atoms with Crippen LogP contribution in [0.15, 0.2) is 12.8 Å². The van der Waals surface area contributed by atoms with Gasteiger partial charge in [-0.15, -0.1) is 0 Å². The lowest BCUT2D eigenvalue weighted by Crippen LogP contribution is -2.30. The maximum Gasteiger partial charge on any atom is 0.0903 e. The molecule has 0 radical (unpaired) electrons. The minimum atomic E-state index is 0.415. The summed E-state index contributed by atoms with van der Waals surface area (Å²) in [4.78, 5) is 0. The van der Waals surface area contributed by atoms with Crippen LogP contribution in [-0.4, -0.2) is 18.3 Å². The average molecular weight is 222 g/mol. The fourth-order valence-corrected chi connectivity index (χ4v) is 5.01. The smallest absolute Gasteiger partial charge is 0.0903 e. The molecule has 16 heavy (non-hydrogen) atoms. The molecule has 6 atom stereocenters. The number of hydrogen-bond acceptors (Lipinski definition) is 2. The monoisotopic (exact) mass is 222 g/mol. The van der Waals surface area contributed by atoms with Crippen molar-refractivity contribution < 1.29 is 9.84 Å². The maximum atomic E-state index is 9.38. The lowest BCUT2D eigenvalue weighted by molar-refractivity contribution is 0.0860. The highest BCUT2D eigenvalue weighted by Gasteiger charge is 2.56. The number of aliphatic hydroxyl groups is 1. The molecule has 3 aliphatic rings. The highest BCUT2D eigenvalue weighted by atomic mass is 16.5. The van der Waals surface area contributed by atoms with Crippen molar-refractivity contribution in [1.82, 2.24) is 0 Å². The minimum absolute atomic E-state index is 0.415. The van der Waals surface area contributed by atoms with Crippen LogP contribution in [0, 0.1) is 35.5 Å². The molecule has 0 aromatic rings. The van der Waals surface area contributed by atoms with Crippen molar-refractivity contribution in [2.45, 2.75) is 25.7 Å². The van der Waals surface area contributed by atoms with E-state index in [0.29, 0.717) is 12.5 Å². The highest BCUT2D eigenvalue weighted by molar-refractivity contribution is 5.05. The predicted molar refractivity (Wildman–Crippen MR) is 62.6 cm³/mol. The van der Waals surface area contributed by atoms with Crippen molar-refractivity contribution in [3.05, 3.63) is 12.8 Å². The largest absolute Gasteiger partial charge is 0.502 e. The van der Waals surface area contributed by atoms with Crippen LogP contribution in [0.2, 0.25) is 0 Å². The molecule has 0 heterocycles. The Morgan fingerprint density at radius 3 is 2.81 bits per heavy atom. The van der Waals surface area contributed by atoms with E-state index in [1.807, 2.05) is 0 Å². The van der Waals surface area contributed by atoms with Gasteiger partial charge in [0, 0.05) is 6.61 Å². The van der Waals surface area contributed by atoms with Crippen molar-refractivity contribution in [3.63, 3.8) is 0 Å². The fraction of sp³-hybridized carbons (Fsp3) is 0.857. The van der Waals surface area contributed by atoms with Gasteiger partial charge in [0.2, 0.25) is 0 Å². The molecule has 1 N–H and O–H groups in total. The van der Waals surface area contributed by atoms with E-state index in [-0.39, 0.29) is 0 Å². The topological polar surface area (TPSA) is 29.5 Å². The van der Waals surface area contributed by atoms with Crippen molar-refractivity contribution >= 4 is 0 Å². The highest BCUT2D eigenvalue weighted by Crippen LogP contribution is 2.62. The van der Waals surface area contributed by atoms with E-state index in [1.165, 1.54) is 25.7 Å². The zero-order valence-corrected chi connectivity index (χ0v) is 9.85. The van der Waals surface area contributed by atoms with Gasteiger partial charge < -0.3 is 9.84 Å². The fourth-order valence-electron chi connectivity index (χ4n) is 5.01. The van der Waals surface area contributed by atoms with Crippen molar-refractivity contribution in [3.8, 4) is 0 Å². The first-order valence-electron chi connectivity index (χ1n) is 6.68. The van der Waals surface area contributed by atoms with Gasteiger partial charge in [-0.05, 0) is 61.2 Å². The molecule has 0 saturated heterocycles. The van der Waals surface area contributed by atoms with Gasteiger partial charge in [0.1, 0.15) is 0 Å². The maximum absolute atomic E-state index is 9.38. The molecule has 3 fully saturated rings. The molecule has 0 aromatic carbocycles. The Balaban J connectivity index is 1.68. The summed E-state index contributed by atoms with van der Waals surface area (Å²) in [7, 11) is 0. The van der Waals surface area contributed by atoms with Crippen LogP contribution in [0.4, 0.5) is 0 Å². The minimum Gasteiger partial charge on any atom is -0.502 e. The third-order valence-corrected chi connectivity index (χ3v) is 5.45. The van der Waals surface area contributed by atoms with Gasteiger partial charge in [-0.2, -0.15) is 0 Å². The van der Waals surface area contributed by atoms with Gasteiger partial charge in [-0.25, -0.2) is 0 Å². The van der Waals surface area contributed by atoms with E-state index in [1.54, 1.807) is 6.26 Å². The first kappa shape index (κ1) is 10.6. The second kappa shape index (κ2) is 4.06. The molecular weight excluding hydrogens is 200 g/mol. The van der Waals surface area contributed by atoms with Crippen molar-refractivity contribution in [1.29, 1.82) is 0 Å². The van der Waals surface area contributed by atoms with Crippen LogP contribution in [0.5, 0.6) is 0 Å². The van der Waals surface area contributed by atoms with Gasteiger partial charge in [-0.1, -0.05) is 6.58 Å². The Morgan fingerprint density at radius 1 is 1.19 bits per heavy atom. The van der Waals surface area contributed by atoms with Crippen molar-refractivity contribution in [2.75, 3.05) is 13.2 Å². The molecule has 2 bridgehead atoms. The van der Waals surface area contributed by atoms with Crippen LogP contribution in [0.25, 0.3) is 0 Å². The number of hydrogen-bond donors (Lipinski definition) is 1. The molecular formula is C14H22O2. The summed E-state index contributed by atoms with van der Waals surface area (Å²) < 4.78 is 5.40. The molecule has 3 saturated carbocycles. The summed E-state index contributed by atoms with van der Waals surface area (Å²) in [6.07, 6.45) is 6.93. The molecule has 3 aliphatic carbocycles. The van der Waals surface area contributed by atoms with Crippen LogP contribution in [0.3, 0.4) is 0 Å². The molecule has 3 rings (SSSR count). The Hall–Kier alpha value is -0.500. The summed E-state index contributed by atoms with van der Waals surface area (Å²) in [6.45, 7) is 4.91. The number of aliphatic hydroxyl groups excluding tert-OH is 1. The summed E-state index contributed by atoms with van der Waals surface area (Å²) in [5, 5.41) is 9.38. The van der Waals surface area contributed by atoms with Gasteiger partial charge in [0.25, 0.3) is 0 Å². The second-order valence-corrected chi connectivity index (χ2v) is 5.92. The van der Waals surface area contributed by atoms with Crippen LogP contribution in [0.1, 0.15) is 25.7 Å². The zero-order chi connectivity index (χ0) is 11.1. The van der Waals surface area contributed by atoms with Gasteiger partial charge in [0.05, 0.1) is 12.9 Å². The second-order valence-electron chi connectivity index (χ2n) is 5.92. The summed E-state index contributed by atoms with van der Waals surface area (Å²) in [6, 6.07) is 0. The van der Waals surface area contributed by atoms with Crippen LogP contribution >= 0.6 is 0 Å².